The number of carbonyl (C=O) groups is 2. The van der Waals surface area contributed by atoms with Gasteiger partial charge in [-0.1, -0.05) is 12.2 Å². The zero-order valence-electron chi connectivity index (χ0n) is 10.9. The third kappa shape index (κ3) is 1.92. The van der Waals surface area contributed by atoms with Gasteiger partial charge in [-0.25, -0.2) is 0 Å². The molecular weight excluding hydrogens is 262 g/mol. The van der Waals surface area contributed by atoms with Crippen molar-refractivity contribution in [2.75, 3.05) is 0 Å². The highest BCUT2D eigenvalue weighted by atomic mass is 16.5. The molecule has 6 heteroatoms. The Morgan fingerprint density at radius 1 is 1.50 bits per heavy atom. The third-order valence-corrected chi connectivity index (χ3v) is 3.92. The van der Waals surface area contributed by atoms with E-state index in [0.717, 1.165) is 0 Å². The van der Waals surface area contributed by atoms with Gasteiger partial charge in [-0.15, -0.1) is 0 Å². The van der Waals surface area contributed by atoms with Gasteiger partial charge in [0.15, 0.2) is 0 Å². The van der Waals surface area contributed by atoms with Crippen LogP contribution < -0.4 is 5.32 Å². The number of carbonyl (C=O) groups excluding carboxylic acids is 1. The maximum atomic E-state index is 12.3. The molecule has 1 amide bonds. The first-order valence-electron chi connectivity index (χ1n) is 6.41. The Balaban J connectivity index is 1.75. The lowest BCUT2D eigenvalue weighted by Gasteiger charge is -2.27. The van der Waals surface area contributed by atoms with E-state index in [-0.39, 0.29) is 12.5 Å². The molecule has 2 aliphatic rings. The highest BCUT2D eigenvalue weighted by molar-refractivity contribution is 5.88. The lowest BCUT2D eigenvalue weighted by molar-refractivity contribution is -0.147. The summed E-state index contributed by atoms with van der Waals surface area (Å²) >= 11 is 0. The monoisotopic (exact) mass is 277 g/mol. The summed E-state index contributed by atoms with van der Waals surface area (Å²) in [6.45, 7) is 1.97. The van der Waals surface area contributed by atoms with Gasteiger partial charge in [0.1, 0.15) is 11.7 Å². The summed E-state index contributed by atoms with van der Waals surface area (Å²) in [6, 6.07) is 3.47. The van der Waals surface area contributed by atoms with Crippen LogP contribution in [0, 0.1) is 11.8 Å². The smallest absolute Gasteiger partial charge is 0.310 e. The molecule has 0 radical (unpaired) electrons. The molecule has 2 N–H and O–H groups in total. The minimum absolute atomic E-state index is 0.235. The van der Waals surface area contributed by atoms with Gasteiger partial charge in [0.2, 0.25) is 5.91 Å². The maximum absolute atomic E-state index is 12.3. The summed E-state index contributed by atoms with van der Waals surface area (Å²) in [7, 11) is 0. The molecule has 4 atom stereocenters. The van der Waals surface area contributed by atoms with Crippen molar-refractivity contribution in [3.63, 3.8) is 0 Å². The average Bonchev–Trinajstić information content (AvgIpc) is 3.08. The molecule has 1 fully saturated rings. The van der Waals surface area contributed by atoms with Gasteiger partial charge in [-0.3, -0.25) is 9.59 Å². The molecule has 0 spiro atoms. The van der Waals surface area contributed by atoms with Gasteiger partial charge in [0.05, 0.1) is 30.4 Å². The van der Waals surface area contributed by atoms with E-state index in [9.17, 15) is 14.7 Å². The van der Waals surface area contributed by atoms with Crippen molar-refractivity contribution in [2.24, 2.45) is 11.8 Å². The van der Waals surface area contributed by atoms with E-state index in [1.54, 1.807) is 31.2 Å². The Morgan fingerprint density at radius 3 is 2.95 bits per heavy atom. The van der Waals surface area contributed by atoms with E-state index in [0.29, 0.717) is 5.76 Å². The second-order valence-electron chi connectivity index (χ2n) is 5.26. The number of hydrogen-bond donors (Lipinski definition) is 2. The van der Waals surface area contributed by atoms with E-state index in [1.165, 1.54) is 6.26 Å². The first kappa shape index (κ1) is 12.9. The number of hydrogen-bond acceptors (Lipinski definition) is 4. The van der Waals surface area contributed by atoms with E-state index in [4.69, 9.17) is 9.15 Å². The molecule has 2 bridgehead atoms. The predicted octanol–water partition coefficient (Wildman–Crippen LogP) is 0.940. The summed E-state index contributed by atoms with van der Waals surface area (Å²) < 4.78 is 10.8. The quantitative estimate of drug-likeness (QED) is 0.800. The van der Waals surface area contributed by atoms with Gasteiger partial charge in [-0.05, 0) is 19.1 Å². The maximum Gasteiger partial charge on any atom is 0.310 e. The fraction of sp³-hybridized carbons (Fsp3) is 0.429. The topological polar surface area (TPSA) is 88.8 Å². The summed E-state index contributed by atoms with van der Waals surface area (Å²) in [5, 5.41) is 12.0. The first-order valence-corrected chi connectivity index (χ1v) is 6.41. The molecule has 3 rings (SSSR count). The molecule has 3 heterocycles. The predicted molar refractivity (Wildman–Crippen MR) is 67.6 cm³/mol. The van der Waals surface area contributed by atoms with Crippen LogP contribution in [0.2, 0.25) is 0 Å². The largest absolute Gasteiger partial charge is 0.481 e. The molecule has 106 valence electrons. The summed E-state index contributed by atoms with van der Waals surface area (Å²) in [5.41, 5.74) is -0.846. The van der Waals surface area contributed by atoms with Crippen LogP contribution in [0.15, 0.2) is 35.0 Å². The fourth-order valence-corrected chi connectivity index (χ4v) is 2.98. The summed E-state index contributed by atoms with van der Waals surface area (Å²) in [4.78, 5) is 23.7. The van der Waals surface area contributed by atoms with Crippen molar-refractivity contribution < 1.29 is 23.8 Å². The molecule has 1 aromatic rings. The SMILES string of the molecule is C[C@@]12C=C[C@@H](O1)[C@H](C(=O)O)[C@H]2C(=O)NCc1ccco1. The molecule has 2 aliphatic heterocycles. The minimum atomic E-state index is -1.01. The van der Waals surface area contributed by atoms with E-state index in [2.05, 4.69) is 5.32 Å². The number of ether oxygens (including phenoxy) is 1. The second-order valence-corrected chi connectivity index (χ2v) is 5.26. The summed E-state index contributed by atoms with van der Waals surface area (Å²) in [5.74, 6) is -2.30. The Bertz CT molecular complexity index is 564. The van der Waals surface area contributed by atoms with Gasteiger partial charge in [0, 0.05) is 0 Å². The highest BCUT2D eigenvalue weighted by Gasteiger charge is 2.59. The molecule has 0 unspecified atom stereocenters. The molecule has 1 saturated heterocycles. The van der Waals surface area contributed by atoms with Crippen LogP contribution >= 0.6 is 0 Å². The van der Waals surface area contributed by atoms with Crippen LogP contribution in [0.4, 0.5) is 0 Å². The molecular formula is C14H15NO5. The average molecular weight is 277 g/mol. The number of carboxylic acid groups (broad SMARTS) is 1. The molecule has 20 heavy (non-hydrogen) atoms. The first-order chi connectivity index (χ1) is 9.51. The Hall–Kier alpha value is -2.08. The van der Waals surface area contributed by atoms with Crippen molar-refractivity contribution in [2.45, 2.75) is 25.2 Å². The lowest BCUT2D eigenvalue weighted by atomic mass is 9.76. The van der Waals surface area contributed by atoms with Crippen molar-refractivity contribution in [3.8, 4) is 0 Å². The Labute approximate surface area is 115 Å². The number of furan rings is 1. The Kier molecular flexibility index (Phi) is 2.90. The van der Waals surface area contributed by atoms with Crippen molar-refractivity contribution in [1.82, 2.24) is 5.32 Å². The number of aliphatic carboxylic acids is 1. The standard InChI is InChI=1S/C14H15NO5/c1-14-5-4-9(20-14)10(13(17)18)11(14)12(16)15-7-8-3-2-6-19-8/h2-6,9-11H,7H2,1H3,(H,15,16)(H,17,18)/t9-,10+,11+,14+/m1/s1. The number of carboxylic acids is 1. The molecule has 6 nitrogen and oxygen atoms in total. The van der Waals surface area contributed by atoms with Crippen LogP contribution in [0.1, 0.15) is 12.7 Å². The lowest BCUT2D eigenvalue weighted by Crippen LogP contribution is -2.46. The number of amides is 1. The fourth-order valence-electron chi connectivity index (χ4n) is 2.98. The van der Waals surface area contributed by atoms with Gasteiger partial charge >= 0.3 is 5.97 Å². The number of nitrogens with one attached hydrogen (secondary N) is 1. The number of rotatable bonds is 4. The van der Waals surface area contributed by atoms with Crippen LogP contribution in [0.5, 0.6) is 0 Å². The molecule has 0 aliphatic carbocycles. The molecule has 0 saturated carbocycles. The normalized spacial score (nSPS) is 34.4. The van der Waals surface area contributed by atoms with Gasteiger partial charge in [-0.2, -0.15) is 0 Å². The highest BCUT2D eigenvalue weighted by Crippen LogP contribution is 2.47. The van der Waals surface area contributed by atoms with Crippen LogP contribution in [-0.2, 0) is 20.9 Å². The molecule has 0 aromatic carbocycles. The Morgan fingerprint density at radius 2 is 2.30 bits per heavy atom. The number of fused-ring (bicyclic) bond motifs is 2. The zero-order chi connectivity index (χ0) is 14.3. The summed E-state index contributed by atoms with van der Waals surface area (Å²) in [6.07, 6.45) is 4.48. The van der Waals surface area contributed by atoms with Crippen LogP contribution in [0.25, 0.3) is 0 Å². The van der Waals surface area contributed by atoms with Crippen LogP contribution in [0.3, 0.4) is 0 Å². The minimum Gasteiger partial charge on any atom is -0.481 e. The van der Waals surface area contributed by atoms with Crippen molar-refractivity contribution in [1.29, 1.82) is 0 Å². The van der Waals surface area contributed by atoms with E-state index in [1.807, 2.05) is 0 Å². The van der Waals surface area contributed by atoms with E-state index >= 15 is 0 Å². The van der Waals surface area contributed by atoms with E-state index < -0.39 is 29.5 Å². The third-order valence-electron chi connectivity index (χ3n) is 3.92. The van der Waals surface area contributed by atoms with Gasteiger partial charge < -0.3 is 19.6 Å². The zero-order valence-corrected chi connectivity index (χ0v) is 10.9. The van der Waals surface area contributed by atoms with Crippen molar-refractivity contribution in [3.05, 3.63) is 36.3 Å². The van der Waals surface area contributed by atoms with Crippen LogP contribution in [-0.4, -0.2) is 28.7 Å². The van der Waals surface area contributed by atoms with Gasteiger partial charge in [0.25, 0.3) is 0 Å². The van der Waals surface area contributed by atoms with Crippen molar-refractivity contribution >= 4 is 11.9 Å². The second kappa shape index (κ2) is 4.49. The molecule has 1 aromatic heterocycles.